The van der Waals surface area contributed by atoms with Crippen LogP contribution in [0.5, 0.6) is 0 Å². The predicted octanol–water partition coefficient (Wildman–Crippen LogP) is 8.37. The SMILES string of the molecule is CCOC(=O)Cc1cc(-c2nnc(NC[C@@H](C(=O)OC(C)(C)C)[C@H](O[Si](C)(C)C(C)(C)C)c3ccc(C(F)(F)F)cc3)s2)ccc1[N+](=O)[O-]. The molecule has 49 heavy (non-hydrogen) atoms. The molecule has 1 heterocycles. The van der Waals surface area contributed by atoms with Crippen LogP contribution in [0.3, 0.4) is 0 Å². The zero-order valence-electron chi connectivity index (χ0n) is 29.1. The normalized spacial score (nSPS) is 13.8. The lowest BCUT2D eigenvalue weighted by Crippen LogP contribution is -2.45. The van der Waals surface area contributed by atoms with E-state index < -0.39 is 54.5 Å². The number of nitro benzene ring substituents is 1. The van der Waals surface area contributed by atoms with Gasteiger partial charge in [-0.1, -0.05) is 44.2 Å². The van der Waals surface area contributed by atoms with Gasteiger partial charge in [-0.05, 0) is 75.7 Å². The first-order valence-electron chi connectivity index (χ1n) is 15.6. The zero-order valence-corrected chi connectivity index (χ0v) is 30.9. The molecule has 0 bridgehead atoms. The molecule has 268 valence electrons. The molecule has 2 atom stereocenters. The fraction of sp³-hybridized carbons (Fsp3) is 0.515. The smallest absolute Gasteiger partial charge is 0.416 e. The first kappa shape index (κ1) is 39.5. The molecule has 3 aromatic rings. The van der Waals surface area contributed by atoms with Crippen LogP contribution < -0.4 is 5.32 Å². The van der Waals surface area contributed by atoms with Crippen molar-refractivity contribution in [3.63, 3.8) is 0 Å². The van der Waals surface area contributed by atoms with Crippen molar-refractivity contribution in [2.75, 3.05) is 18.5 Å². The van der Waals surface area contributed by atoms with Gasteiger partial charge in [0.15, 0.2) is 8.32 Å². The fourth-order valence-corrected chi connectivity index (χ4v) is 6.48. The van der Waals surface area contributed by atoms with E-state index in [0.717, 1.165) is 23.5 Å². The first-order chi connectivity index (χ1) is 22.5. The molecule has 0 amide bonds. The summed E-state index contributed by atoms with van der Waals surface area (Å²) < 4.78 is 57.8. The number of hydrogen-bond donors (Lipinski definition) is 1. The second-order valence-electron chi connectivity index (χ2n) is 13.9. The van der Waals surface area contributed by atoms with Crippen LogP contribution in [0.2, 0.25) is 18.1 Å². The molecular formula is C33H43F3N4O7SSi. The maximum atomic E-state index is 13.8. The van der Waals surface area contributed by atoms with Gasteiger partial charge in [0.1, 0.15) is 16.5 Å². The second-order valence-corrected chi connectivity index (χ2v) is 19.7. The number of nitrogens with zero attached hydrogens (tertiary/aromatic N) is 3. The van der Waals surface area contributed by atoms with Gasteiger partial charge in [-0.15, -0.1) is 10.2 Å². The van der Waals surface area contributed by atoms with Gasteiger partial charge in [0.05, 0.1) is 29.6 Å². The summed E-state index contributed by atoms with van der Waals surface area (Å²) >= 11 is 1.11. The number of hydrogen-bond acceptors (Lipinski definition) is 11. The van der Waals surface area contributed by atoms with E-state index in [1.165, 1.54) is 30.3 Å². The Bertz CT molecular complexity index is 1630. The average Bonchev–Trinajstić information content (AvgIpc) is 3.44. The molecule has 1 aromatic heterocycles. The number of alkyl halides is 3. The van der Waals surface area contributed by atoms with Crippen molar-refractivity contribution >= 4 is 42.4 Å². The van der Waals surface area contributed by atoms with Crippen LogP contribution in [0, 0.1) is 16.0 Å². The monoisotopic (exact) mass is 724 g/mol. The van der Waals surface area contributed by atoms with Crippen molar-refractivity contribution in [1.29, 1.82) is 0 Å². The van der Waals surface area contributed by atoms with Crippen molar-refractivity contribution in [3.05, 3.63) is 69.3 Å². The standard InChI is InChI=1S/C33H43F3N4O7SSi/c1-10-45-26(41)18-22-17-21(13-16-25(22)40(43)44)28-38-39-30(48-28)37-19-24(29(42)46-31(2,3)4)27(47-49(8,9)32(5,6)7)20-11-14-23(15-12-20)33(34,35)36/h11-17,24,27H,10,18-19H2,1-9H3,(H,37,39)/t24-,27-/m1/s1. The summed E-state index contributed by atoms with van der Waals surface area (Å²) in [5, 5.41) is 23.5. The van der Waals surface area contributed by atoms with E-state index in [1.807, 2.05) is 33.9 Å². The summed E-state index contributed by atoms with van der Waals surface area (Å²) in [5.41, 5.74) is -0.929. The summed E-state index contributed by atoms with van der Waals surface area (Å²) in [6, 6.07) is 8.84. The van der Waals surface area contributed by atoms with Crippen LogP contribution in [0.15, 0.2) is 42.5 Å². The molecule has 0 radical (unpaired) electrons. The molecule has 0 fully saturated rings. The number of carbonyl (C=O) groups is 2. The predicted molar refractivity (Wildman–Crippen MR) is 183 cm³/mol. The molecular weight excluding hydrogens is 682 g/mol. The van der Waals surface area contributed by atoms with Crippen LogP contribution >= 0.6 is 11.3 Å². The molecule has 3 rings (SSSR count). The molecule has 16 heteroatoms. The number of nitro groups is 1. The molecule has 0 saturated carbocycles. The number of nitrogens with one attached hydrogen (secondary N) is 1. The Morgan fingerprint density at radius 2 is 1.65 bits per heavy atom. The van der Waals surface area contributed by atoms with E-state index in [-0.39, 0.29) is 35.9 Å². The van der Waals surface area contributed by atoms with E-state index in [9.17, 15) is 32.9 Å². The summed E-state index contributed by atoms with van der Waals surface area (Å²) in [6.07, 6.45) is -5.82. The topological polar surface area (TPSA) is 143 Å². The van der Waals surface area contributed by atoms with Crippen LogP contribution in [0.4, 0.5) is 24.0 Å². The summed E-state index contributed by atoms with van der Waals surface area (Å²) in [5.74, 6) is -2.25. The Morgan fingerprint density at radius 1 is 1.02 bits per heavy atom. The Hall–Kier alpha value is -3.89. The van der Waals surface area contributed by atoms with E-state index in [0.29, 0.717) is 21.3 Å². The molecule has 0 aliphatic heterocycles. The van der Waals surface area contributed by atoms with Gasteiger partial charge in [-0.3, -0.25) is 19.7 Å². The number of benzene rings is 2. The van der Waals surface area contributed by atoms with Crippen LogP contribution in [-0.4, -0.2) is 54.1 Å². The summed E-state index contributed by atoms with van der Waals surface area (Å²) in [6.45, 7) is 16.9. The van der Waals surface area contributed by atoms with Crippen molar-refractivity contribution < 1.29 is 41.6 Å². The molecule has 0 unspecified atom stereocenters. The third kappa shape index (κ3) is 10.8. The van der Waals surface area contributed by atoms with Crippen molar-refractivity contribution in [1.82, 2.24) is 10.2 Å². The van der Waals surface area contributed by atoms with E-state index >= 15 is 0 Å². The highest BCUT2D eigenvalue weighted by Crippen LogP contribution is 2.43. The number of ether oxygens (including phenoxy) is 2. The number of halogens is 3. The van der Waals surface area contributed by atoms with E-state index in [4.69, 9.17) is 13.9 Å². The molecule has 1 N–H and O–H groups in total. The lowest BCUT2D eigenvalue weighted by Gasteiger charge is -2.41. The lowest BCUT2D eigenvalue weighted by atomic mass is 9.94. The van der Waals surface area contributed by atoms with E-state index in [1.54, 1.807) is 27.7 Å². The highest BCUT2D eigenvalue weighted by molar-refractivity contribution is 7.18. The quantitative estimate of drug-likeness (QED) is 0.0791. The lowest BCUT2D eigenvalue weighted by molar-refractivity contribution is -0.385. The number of esters is 2. The van der Waals surface area contributed by atoms with Gasteiger partial charge < -0.3 is 19.2 Å². The molecule has 0 saturated heterocycles. The first-order valence-corrected chi connectivity index (χ1v) is 19.3. The van der Waals surface area contributed by atoms with Crippen molar-refractivity contribution in [3.8, 4) is 10.6 Å². The van der Waals surface area contributed by atoms with Gasteiger partial charge in [-0.25, -0.2) is 0 Å². The number of rotatable bonds is 13. The maximum Gasteiger partial charge on any atom is 0.416 e. The molecule has 2 aromatic carbocycles. The molecule has 0 aliphatic carbocycles. The average molecular weight is 725 g/mol. The van der Waals surface area contributed by atoms with Crippen LogP contribution in [0.1, 0.15) is 71.3 Å². The Morgan fingerprint density at radius 3 is 2.18 bits per heavy atom. The Kier molecular flexibility index (Phi) is 12.4. The minimum atomic E-state index is -4.54. The number of aromatic nitrogens is 2. The largest absolute Gasteiger partial charge is 0.466 e. The maximum absolute atomic E-state index is 13.8. The Balaban J connectivity index is 2.00. The van der Waals surface area contributed by atoms with Crippen LogP contribution in [-0.2, 0) is 36.1 Å². The number of anilines is 1. The highest BCUT2D eigenvalue weighted by atomic mass is 32.1. The van der Waals surface area contributed by atoms with Gasteiger partial charge in [0.2, 0.25) is 5.13 Å². The highest BCUT2D eigenvalue weighted by Gasteiger charge is 2.44. The Labute approximate surface area is 288 Å². The third-order valence-corrected chi connectivity index (χ3v) is 13.3. The number of carbonyl (C=O) groups excluding carboxylic acids is 2. The zero-order chi connectivity index (χ0) is 36.9. The fourth-order valence-electron chi connectivity index (χ4n) is 4.44. The third-order valence-electron chi connectivity index (χ3n) is 7.93. The van der Waals surface area contributed by atoms with Crippen molar-refractivity contribution in [2.24, 2.45) is 5.92 Å². The minimum absolute atomic E-state index is 0.0712. The van der Waals surface area contributed by atoms with Gasteiger partial charge in [0.25, 0.3) is 5.69 Å². The van der Waals surface area contributed by atoms with Gasteiger partial charge in [-0.2, -0.15) is 13.2 Å². The minimum Gasteiger partial charge on any atom is -0.466 e. The van der Waals surface area contributed by atoms with Gasteiger partial charge >= 0.3 is 18.1 Å². The summed E-state index contributed by atoms with van der Waals surface area (Å²) in [7, 11) is -2.62. The summed E-state index contributed by atoms with van der Waals surface area (Å²) in [4.78, 5) is 36.9. The second kappa shape index (κ2) is 15.3. The molecule has 11 nitrogen and oxygen atoms in total. The molecule has 0 aliphatic rings. The molecule has 0 spiro atoms. The van der Waals surface area contributed by atoms with Gasteiger partial charge in [0, 0.05) is 23.7 Å². The van der Waals surface area contributed by atoms with Crippen molar-refractivity contribution in [2.45, 2.75) is 90.9 Å². The van der Waals surface area contributed by atoms with Crippen LogP contribution in [0.25, 0.3) is 10.6 Å². The van der Waals surface area contributed by atoms with E-state index in [2.05, 4.69) is 15.5 Å².